The average molecular weight is 189 g/mol. The van der Waals surface area contributed by atoms with E-state index in [2.05, 4.69) is 25.3 Å². The van der Waals surface area contributed by atoms with Crippen molar-refractivity contribution in [3.63, 3.8) is 0 Å². The first-order valence-corrected chi connectivity index (χ1v) is 6.68. The van der Waals surface area contributed by atoms with Gasteiger partial charge in [0.05, 0.1) is 0 Å². The molecule has 0 atom stereocenters. The zero-order chi connectivity index (χ0) is 9.73. The predicted octanol–water partition coefficient (Wildman–Crippen LogP) is 1.29. The molecule has 0 radical (unpaired) electrons. The van der Waals surface area contributed by atoms with Gasteiger partial charge in [0.15, 0.2) is 0 Å². The molecular formula is C11H15NSi. The summed E-state index contributed by atoms with van der Waals surface area (Å²) in [4.78, 5) is 0. The van der Waals surface area contributed by atoms with Crippen molar-refractivity contribution in [2.75, 3.05) is 6.17 Å². The number of hydrogen-bond acceptors (Lipinski definition) is 1. The maximum atomic E-state index is 5.78. The number of hydrogen-bond donors (Lipinski definition) is 1. The van der Waals surface area contributed by atoms with Gasteiger partial charge in [-0.15, -0.1) is 13.2 Å². The standard InChI is InChI=1S/C11H15NSi/c1-3-13(4-2,10-12)11-8-6-5-7-9-11/h3-9H,1-2,10,12H2. The van der Waals surface area contributed by atoms with Gasteiger partial charge in [-0.25, -0.2) is 0 Å². The van der Waals surface area contributed by atoms with E-state index in [0.717, 1.165) is 0 Å². The fraction of sp³-hybridized carbons (Fsp3) is 0.0909. The second-order valence-corrected chi connectivity index (χ2v) is 6.90. The summed E-state index contributed by atoms with van der Waals surface area (Å²) < 4.78 is 0. The van der Waals surface area contributed by atoms with Gasteiger partial charge in [-0.3, -0.25) is 0 Å². The fourth-order valence-electron chi connectivity index (χ4n) is 1.35. The van der Waals surface area contributed by atoms with Crippen LogP contribution in [-0.2, 0) is 0 Å². The van der Waals surface area contributed by atoms with E-state index in [1.807, 2.05) is 29.6 Å². The Hall–Kier alpha value is -1.12. The number of nitrogens with two attached hydrogens (primary N) is 1. The van der Waals surface area contributed by atoms with Gasteiger partial charge in [-0.2, -0.15) is 0 Å². The van der Waals surface area contributed by atoms with E-state index in [1.54, 1.807) is 0 Å². The summed E-state index contributed by atoms with van der Waals surface area (Å²) in [5.74, 6) is 0. The van der Waals surface area contributed by atoms with Crippen LogP contribution in [0.25, 0.3) is 0 Å². The van der Waals surface area contributed by atoms with E-state index in [0.29, 0.717) is 6.17 Å². The summed E-state index contributed by atoms with van der Waals surface area (Å²) in [6, 6.07) is 10.3. The van der Waals surface area contributed by atoms with Gasteiger partial charge < -0.3 is 5.73 Å². The molecule has 0 aliphatic carbocycles. The molecule has 1 aromatic carbocycles. The first-order chi connectivity index (χ1) is 6.29. The van der Waals surface area contributed by atoms with Crippen molar-refractivity contribution in [2.24, 2.45) is 5.73 Å². The third kappa shape index (κ3) is 1.79. The Labute approximate surface area is 80.6 Å². The van der Waals surface area contributed by atoms with Crippen LogP contribution < -0.4 is 10.9 Å². The molecule has 0 saturated heterocycles. The summed E-state index contributed by atoms with van der Waals surface area (Å²) in [5, 5.41) is 1.28. The zero-order valence-corrected chi connectivity index (χ0v) is 8.74. The van der Waals surface area contributed by atoms with Gasteiger partial charge in [-0.05, 0) is 11.4 Å². The SMILES string of the molecule is C=C[Si](C=C)(CN)c1ccccc1. The topological polar surface area (TPSA) is 26.0 Å². The monoisotopic (exact) mass is 189 g/mol. The maximum Gasteiger partial charge on any atom is 0.146 e. The third-order valence-electron chi connectivity index (χ3n) is 2.38. The lowest BCUT2D eigenvalue weighted by atomic mass is 10.4. The molecular weight excluding hydrogens is 174 g/mol. The van der Waals surface area contributed by atoms with Gasteiger partial charge in [0.2, 0.25) is 0 Å². The number of rotatable bonds is 4. The van der Waals surface area contributed by atoms with Gasteiger partial charge in [0, 0.05) is 0 Å². The second-order valence-electron chi connectivity index (χ2n) is 3.02. The zero-order valence-electron chi connectivity index (χ0n) is 7.74. The van der Waals surface area contributed by atoms with Gasteiger partial charge in [0.25, 0.3) is 0 Å². The van der Waals surface area contributed by atoms with Crippen molar-refractivity contribution in [3.05, 3.63) is 54.9 Å². The minimum absolute atomic E-state index is 0.643. The first kappa shape index (κ1) is 9.96. The highest BCUT2D eigenvalue weighted by molar-refractivity contribution is 6.99. The Morgan fingerprint density at radius 1 is 1.15 bits per heavy atom. The Morgan fingerprint density at radius 3 is 2.08 bits per heavy atom. The van der Waals surface area contributed by atoms with Crippen LogP contribution >= 0.6 is 0 Å². The first-order valence-electron chi connectivity index (χ1n) is 4.32. The van der Waals surface area contributed by atoms with Crippen molar-refractivity contribution in [1.82, 2.24) is 0 Å². The van der Waals surface area contributed by atoms with Crippen LogP contribution in [-0.4, -0.2) is 14.2 Å². The van der Waals surface area contributed by atoms with Crippen molar-refractivity contribution in [1.29, 1.82) is 0 Å². The molecule has 0 unspecified atom stereocenters. The summed E-state index contributed by atoms with van der Waals surface area (Å²) >= 11 is 0. The van der Waals surface area contributed by atoms with Gasteiger partial charge >= 0.3 is 0 Å². The molecule has 0 amide bonds. The minimum atomic E-state index is -1.79. The Kier molecular flexibility index (Phi) is 3.23. The molecule has 2 N–H and O–H groups in total. The molecule has 0 aromatic heterocycles. The van der Waals surface area contributed by atoms with E-state index in [9.17, 15) is 0 Å². The van der Waals surface area contributed by atoms with Crippen LogP contribution in [0.15, 0.2) is 54.9 Å². The lowest BCUT2D eigenvalue weighted by molar-refractivity contribution is 1.33. The van der Waals surface area contributed by atoms with Gasteiger partial charge in [0.1, 0.15) is 8.07 Å². The lowest BCUT2D eigenvalue weighted by Gasteiger charge is -2.22. The van der Waals surface area contributed by atoms with Crippen molar-refractivity contribution < 1.29 is 0 Å². The van der Waals surface area contributed by atoms with Gasteiger partial charge in [-0.1, -0.05) is 41.7 Å². The molecule has 13 heavy (non-hydrogen) atoms. The average Bonchev–Trinajstić information content (AvgIpc) is 2.23. The van der Waals surface area contributed by atoms with Crippen LogP contribution in [0, 0.1) is 0 Å². The van der Waals surface area contributed by atoms with E-state index in [-0.39, 0.29) is 0 Å². The molecule has 0 spiro atoms. The minimum Gasteiger partial charge on any atom is -0.332 e. The molecule has 0 aliphatic heterocycles. The van der Waals surface area contributed by atoms with Crippen LogP contribution in [0.5, 0.6) is 0 Å². The third-order valence-corrected chi connectivity index (χ3v) is 5.92. The normalized spacial score (nSPS) is 10.8. The van der Waals surface area contributed by atoms with Crippen LogP contribution in [0.2, 0.25) is 0 Å². The molecule has 1 rings (SSSR count). The summed E-state index contributed by atoms with van der Waals surface area (Å²) in [7, 11) is -1.79. The summed E-state index contributed by atoms with van der Waals surface area (Å²) in [5.41, 5.74) is 9.74. The number of benzene rings is 1. The highest BCUT2D eigenvalue weighted by Crippen LogP contribution is 2.04. The summed E-state index contributed by atoms with van der Waals surface area (Å²) in [6.07, 6.45) is 0.643. The molecule has 68 valence electrons. The van der Waals surface area contributed by atoms with Crippen molar-refractivity contribution >= 4 is 13.3 Å². The van der Waals surface area contributed by atoms with Crippen LogP contribution in [0.1, 0.15) is 0 Å². The molecule has 0 fully saturated rings. The van der Waals surface area contributed by atoms with Crippen LogP contribution in [0.4, 0.5) is 0 Å². The Morgan fingerprint density at radius 2 is 1.69 bits per heavy atom. The molecule has 0 heterocycles. The van der Waals surface area contributed by atoms with Crippen LogP contribution in [0.3, 0.4) is 0 Å². The molecule has 0 aliphatic rings. The Bertz CT molecular complexity index is 284. The maximum absolute atomic E-state index is 5.78. The lowest BCUT2D eigenvalue weighted by Crippen LogP contribution is -2.51. The molecule has 1 aromatic rings. The van der Waals surface area contributed by atoms with Crippen molar-refractivity contribution in [2.45, 2.75) is 0 Å². The van der Waals surface area contributed by atoms with Crippen molar-refractivity contribution in [3.8, 4) is 0 Å². The highest BCUT2D eigenvalue weighted by atomic mass is 28.3. The largest absolute Gasteiger partial charge is 0.332 e. The highest BCUT2D eigenvalue weighted by Gasteiger charge is 2.25. The molecule has 2 heteroatoms. The second kappa shape index (κ2) is 4.21. The smallest absolute Gasteiger partial charge is 0.146 e. The predicted molar refractivity (Wildman–Crippen MR) is 61.3 cm³/mol. The van der Waals surface area contributed by atoms with E-state index >= 15 is 0 Å². The fourth-order valence-corrected chi connectivity index (χ4v) is 3.37. The molecule has 0 bridgehead atoms. The van der Waals surface area contributed by atoms with E-state index < -0.39 is 8.07 Å². The Balaban J connectivity index is 3.15. The molecule has 0 saturated carbocycles. The quantitative estimate of drug-likeness (QED) is 0.710. The summed E-state index contributed by atoms with van der Waals surface area (Å²) in [6.45, 7) is 7.72. The van der Waals surface area contributed by atoms with E-state index in [4.69, 9.17) is 5.73 Å². The molecule has 1 nitrogen and oxygen atoms in total. The van der Waals surface area contributed by atoms with E-state index in [1.165, 1.54) is 5.19 Å².